The third-order valence-corrected chi connectivity index (χ3v) is 3.76. The molecule has 2 atom stereocenters. The summed E-state index contributed by atoms with van der Waals surface area (Å²) in [5.74, 6) is 0.284. The Bertz CT molecular complexity index is 222. The van der Waals surface area contributed by atoms with Crippen LogP contribution in [0.1, 0.15) is 46.5 Å². The third-order valence-electron chi connectivity index (χ3n) is 3.76. The van der Waals surface area contributed by atoms with Crippen LogP contribution in [0.5, 0.6) is 0 Å². The lowest BCUT2D eigenvalue weighted by molar-refractivity contribution is -0.130. The van der Waals surface area contributed by atoms with Gasteiger partial charge in [-0.3, -0.25) is 4.79 Å². The van der Waals surface area contributed by atoms with Gasteiger partial charge in [-0.15, -0.1) is 0 Å². The highest BCUT2D eigenvalue weighted by molar-refractivity contribution is 5.82. The average molecular weight is 213 g/mol. The summed E-state index contributed by atoms with van der Waals surface area (Å²) in [6.07, 6.45) is 4.32. The van der Waals surface area contributed by atoms with Crippen LogP contribution in [0.3, 0.4) is 0 Å². The van der Waals surface area contributed by atoms with Gasteiger partial charge in [-0.25, -0.2) is 0 Å². The SMILES string of the molecule is CC(CO)C(C)NC(=O)C1(C)CCCC1. The van der Waals surface area contributed by atoms with Crippen molar-refractivity contribution in [1.29, 1.82) is 0 Å². The van der Waals surface area contributed by atoms with Gasteiger partial charge in [-0.05, 0) is 25.7 Å². The summed E-state index contributed by atoms with van der Waals surface area (Å²) >= 11 is 0. The van der Waals surface area contributed by atoms with Crippen molar-refractivity contribution < 1.29 is 9.90 Å². The maximum atomic E-state index is 12.0. The van der Waals surface area contributed by atoms with Crippen LogP contribution < -0.4 is 5.32 Å². The highest BCUT2D eigenvalue weighted by Gasteiger charge is 2.36. The summed E-state index contributed by atoms with van der Waals surface area (Å²) in [4.78, 5) is 12.0. The van der Waals surface area contributed by atoms with Gasteiger partial charge in [-0.2, -0.15) is 0 Å². The van der Waals surface area contributed by atoms with Gasteiger partial charge in [0.2, 0.25) is 5.91 Å². The molecule has 0 saturated heterocycles. The fourth-order valence-electron chi connectivity index (χ4n) is 2.06. The lowest BCUT2D eigenvalue weighted by atomic mass is 9.87. The summed E-state index contributed by atoms with van der Waals surface area (Å²) in [5, 5.41) is 12.0. The zero-order valence-corrected chi connectivity index (χ0v) is 10.0. The minimum Gasteiger partial charge on any atom is -0.396 e. The molecule has 1 aliphatic rings. The molecular formula is C12H23NO2. The molecule has 2 unspecified atom stereocenters. The molecule has 0 heterocycles. The molecule has 1 aliphatic carbocycles. The Morgan fingerprint density at radius 3 is 2.40 bits per heavy atom. The first-order valence-electron chi connectivity index (χ1n) is 5.91. The summed E-state index contributed by atoms with van der Waals surface area (Å²) in [6, 6.07) is 0.0555. The molecule has 3 nitrogen and oxygen atoms in total. The fourth-order valence-corrected chi connectivity index (χ4v) is 2.06. The van der Waals surface area contributed by atoms with Crippen molar-refractivity contribution >= 4 is 5.91 Å². The number of amides is 1. The molecule has 0 aromatic heterocycles. The smallest absolute Gasteiger partial charge is 0.226 e. The molecule has 0 bridgehead atoms. The van der Waals surface area contributed by atoms with Crippen molar-refractivity contribution in [3.63, 3.8) is 0 Å². The maximum absolute atomic E-state index is 12.0. The summed E-state index contributed by atoms with van der Waals surface area (Å²) in [6.45, 7) is 6.07. The number of hydrogen-bond donors (Lipinski definition) is 2. The first kappa shape index (κ1) is 12.5. The summed E-state index contributed by atoms with van der Waals surface area (Å²) in [5.41, 5.74) is -0.163. The Morgan fingerprint density at radius 1 is 1.40 bits per heavy atom. The van der Waals surface area contributed by atoms with E-state index in [1.807, 2.05) is 20.8 Å². The van der Waals surface area contributed by atoms with Gasteiger partial charge in [0, 0.05) is 18.1 Å². The molecule has 0 aromatic rings. The number of aliphatic hydroxyl groups excluding tert-OH is 1. The molecule has 88 valence electrons. The topological polar surface area (TPSA) is 49.3 Å². The van der Waals surface area contributed by atoms with Gasteiger partial charge in [0.25, 0.3) is 0 Å². The highest BCUT2D eigenvalue weighted by atomic mass is 16.3. The Hall–Kier alpha value is -0.570. The van der Waals surface area contributed by atoms with Crippen molar-refractivity contribution in [3.8, 4) is 0 Å². The van der Waals surface area contributed by atoms with E-state index in [1.165, 1.54) is 0 Å². The van der Waals surface area contributed by atoms with Gasteiger partial charge in [0.05, 0.1) is 0 Å². The monoisotopic (exact) mass is 213 g/mol. The van der Waals surface area contributed by atoms with Gasteiger partial charge < -0.3 is 10.4 Å². The molecule has 1 saturated carbocycles. The van der Waals surface area contributed by atoms with Crippen molar-refractivity contribution in [2.75, 3.05) is 6.61 Å². The number of carbonyl (C=O) groups excluding carboxylic acids is 1. The summed E-state index contributed by atoms with van der Waals surface area (Å²) in [7, 11) is 0. The molecule has 2 N–H and O–H groups in total. The van der Waals surface area contributed by atoms with Crippen molar-refractivity contribution in [1.82, 2.24) is 5.32 Å². The van der Waals surface area contributed by atoms with Crippen LogP contribution >= 0.6 is 0 Å². The molecule has 1 amide bonds. The van der Waals surface area contributed by atoms with Crippen molar-refractivity contribution in [2.24, 2.45) is 11.3 Å². The Morgan fingerprint density at radius 2 is 1.93 bits per heavy atom. The Balaban J connectivity index is 2.47. The second-order valence-corrected chi connectivity index (χ2v) is 5.19. The minimum absolute atomic E-state index is 0.0555. The van der Waals surface area contributed by atoms with Crippen molar-refractivity contribution in [2.45, 2.75) is 52.5 Å². The van der Waals surface area contributed by atoms with E-state index in [1.54, 1.807) is 0 Å². The van der Waals surface area contributed by atoms with Crippen LogP contribution in [-0.4, -0.2) is 23.7 Å². The third kappa shape index (κ3) is 2.94. The molecule has 0 aromatic carbocycles. The maximum Gasteiger partial charge on any atom is 0.226 e. The standard InChI is InChI=1S/C12H23NO2/c1-9(8-14)10(2)13-11(15)12(3)6-4-5-7-12/h9-10,14H,4-8H2,1-3H3,(H,13,15). The van der Waals surface area contributed by atoms with E-state index in [2.05, 4.69) is 5.32 Å². The van der Waals surface area contributed by atoms with E-state index in [0.29, 0.717) is 0 Å². The number of hydrogen-bond acceptors (Lipinski definition) is 2. The molecular weight excluding hydrogens is 190 g/mol. The second-order valence-electron chi connectivity index (χ2n) is 5.19. The first-order chi connectivity index (χ1) is 6.99. The predicted octanol–water partition coefficient (Wildman–Crippen LogP) is 1.70. The van der Waals surface area contributed by atoms with E-state index < -0.39 is 0 Å². The van der Waals surface area contributed by atoms with E-state index >= 15 is 0 Å². The van der Waals surface area contributed by atoms with Gasteiger partial charge >= 0.3 is 0 Å². The van der Waals surface area contributed by atoms with Crippen LogP contribution in [0, 0.1) is 11.3 Å². The van der Waals surface area contributed by atoms with Crippen LogP contribution in [-0.2, 0) is 4.79 Å². The number of carbonyl (C=O) groups is 1. The zero-order valence-electron chi connectivity index (χ0n) is 10.0. The predicted molar refractivity (Wildman–Crippen MR) is 60.4 cm³/mol. The average Bonchev–Trinajstić information content (AvgIpc) is 2.65. The molecule has 0 aliphatic heterocycles. The largest absolute Gasteiger partial charge is 0.396 e. The van der Waals surface area contributed by atoms with E-state index in [4.69, 9.17) is 5.11 Å². The lowest BCUT2D eigenvalue weighted by Crippen LogP contribution is -2.45. The van der Waals surface area contributed by atoms with E-state index in [-0.39, 0.29) is 29.9 Å². The number of rotatable bonds is 4. The van der Waals surface area contributed by atoms with Gasteiger partial charge in [0.15, 0.2) is 0 Å². The fraction of sp³-hybridized carbons (Fsp3) is 0.917. The van der Waals surface area contributed by atoms with Crippen LogP contribution in [0.4, 0.5) is 0 Å². The Kier molecular flexibility index (Phi) is 4.14. The molecule has 3 heteroatoms. The normalized spacial score (nSPS) is 23.5. The lowest BCUT2D eigenvalue weighted by Gasteiger charge is -2.27. The molecule has 15 heavy (non-hydrogen) atoms. The minimum atomic E-state index is -0.163. The second kappa shape index (κ2) is 4.97. The van der Waals surface area contributed by atoms with E-state index in [0.717, 1.165) is 25.7 Å². The van der Waals surface area contributed by atoms with Gasteiger partial charge in [-0.1, -0.05) is 26.7 Å². The molecule has 0 radical (unpaired) electrons. The molecule has 1 rings (SSSR count). The quantitative estimate of drug-likeness (QED) is 0.746. The molecule has 0 spiro atoms. The number of nitrogens with one attached hydrogen (secondary N) is 1. The van der Waals surface area contributed by atoms with Crippen LogP contribution in [0.2, 0.25) is 0 Å². The Labute approximate surface area is 92.3 Å². The van der Waals surface area contributed by atoms with Gasteiger partial charge in [0.1, 0.15) is 0 Å². The zero-order chi connectivity index (χ0) is 11.5. The van der Waals surface area contributed by atoms with Crippen LogP contribution in [0.25, 0.3) is 0 Å². The first-order valence-corrected chi connectivity index (χ1v) is 5.91. The van der Waals surface area contributed by atoms with Crippen LogP contribution in [0.15, 0.2) is 0 Å². The highest BCUT2D eigenvalue weighted by Crippen LogP contribution is 2.37. The van der Waals surface area contributed by atoms with E-state index in [9.17, 15) is 4.79 Å². The van der Waals surface area contributed by atoms with Crippen molar-refractivity contribution in [3.05, 3.63) is 0 Å². The summed E-state index contributed by atoms with van der Waals surface area (Å²) < 4.78 is 0. The molecule has 1 fully saturated rings. The number of aliphatic hydroxyl groups is 1.